The zero-order chi connectivity index (χ0) is 16.4. The van der Waals surface area contributed by atoms with Crippen LogP contribution in [0.5, 0.6) is 11.5 Å². The number of furan rings is 1. The number of ether oxygens (including phenoxy) is 2. The molecule has 0 unspecified atom stereocenters. The van der Waals surface area contributed by atoms with Gasteiger partial charge in [-0.05, 0) is 30.7 Å². The first kappa shape index (κ1) is 15.0. The van der Waals surface area contributed by atoms with E-state index >= 15 is 0 Å². The maximum atomic E-state index is 12.5. The Kier molecular flexibility index (Phi) is 3.93. The van der Waals surface area contributed by atoms with Gasteiger partial charge in [0.25, 0.3) is 5.91 Å². The van der Waals surface area contributed by atoms with Gasteiger partial charge in [-0.15, -0.1) is 0 Å². The summed E-state index contributed by atoms with van der Waals surface area (Å²) in [7, 11) is 3.11. The molecule has 0 aliphatic rings. The second-order valence-electron chi connectivity index (χ2n) is 5.12. The van der Waals surface area contributed by atoms with E-state index in [0.717, 1.165) is 16.5 Å². The number of carbonyl (C=O) groups is 1. The Hall–Kier alpha value is -2.95. The molecule has 0 saturated heterocycles. The van der Waals surface area contributed by atoms with Crippen LogP contribution in [-0.2, 0) is 0 Å². The molecular weight excluding hydrogens is 294 g/mol. The highest BCUT2D eigenvalue weighted by Crippen LogP contribution is 2.30. The van der Waals surface area contributed by atoms with Crippen molar-refractivity contribution >= 4 is 22.6 Å². The van der Waals surface area contributed by atoms with E-state index in [1.54, 1.807) is 38.5 Å². The molecule has 23 heavy (non-hydrogen) atoms. The number of para-hydroxylation sites is 1. The number of nitrogens with one attached hydrogen (secondary N) is 1. The number of hydrogen-bond donors (Lipinski definition) is 1. The number of rotatable bonds is 4. The molecule has 0 saturated carbocycles. The fraction of sp³-hybridized carbons (Fsp3) is 0.167. The van der Waals surface area contributed by atoms with Crippen LogP contribution < -0.4 is 14.8 Å². The quantitative estimate of drug-likeness (QED) is 0.791. The zero-order valence-corrected chi connectivity index (χ0v) is 13.2. The molecule has 3 rings (SSSR count). The van der Waals surface area contributed by atoms with Gasteiger partial charge >= 0.3 is 0 Å². The van der Waals surface area contributed by atoms with Gasteiger partial charge in [-0.1, -0.05) is 18.2 Å². The van der Waals surface area contributed by atoms with E-state index < -0.39 is 0 Å². The molecule has 0 spiro atoms. The number of benzene rings is 2. The standard InChI is InChI=1S/C18H17NO4/c1-11-5-4-6-12-9-16(23-17(11)12)18(20)19-14-10-13(21-2)7-8-15(14)22-3/h4-10H,1-3H3,(H,19,20). The lowest BCUT2D eigenvalue weighted by Crippen LogP contribution is -2.11. The molecule has 1 N–H and O–H groups in total. The second kappa shape index (κ2) is 6.04. The van der Waals surface area contributed by atoms with Gasteiger partial charge in [-0.3, -0.25) is 4.79 Å². The highest BCUT2D eigenvalue weighted by atomic mass is 16.5. The summed E-state index contributed by atoms with van der Waals surface area (Å²) >= 11 is 0. The Morgan fingerprint density at radius 3 is 2.61 bits per heavy atom. The molecule has 3 aromatic rings. The van der Waals surface area contributed by atoms with Crippen LogP contribution in [0.3, 0.4) is 0 Å². The molecule has 0 radical (unpaired) electrons. The van der Waals surface area contributed by atoms with E-state index in [2.05, 4.69) is 5.32 Å². The average Bonchev–Trinajstić information content (AvgIpc) is 3.00. The van der Waals surface area contributed by atoms with Crippen molar-refractivity contribution in [3.63, 3.8) is 0 Å². The van der Waals surface area contributed by atoms with Gasteiger partial charge in [-0.2, -0.15) is 0 Å². The fourth-order valence-electron chi connectivity index (χ4n) is 2.42. The van der Waals surface area contributed by atoms with E-state index in [9.17, 15) is 4.79 Å². The maximum absolute atomic E-state index is 12.5. The highest BCUT2D eigenvalue weighted by Gasteiger charge is 2.16. The van der Waals surface area contributed by atoms with Crippen LogP contribution in [0, 0.1) is 6.92 Å². The van der Waals surface area contributed by atoms with Crippen molar-refractivity contribution in [2.24, 2.45) is 0 Å². The molecule has 0 atom stereocenters. The summed E-state index contributed by atoms with van der Waals surface area (Å²) in [5.41, 5.74) is 2.23. The third-order valence-electron chi connectivity index (χ3n) is 3.62. The van der Waals surface area contributed by atoms with Gasteiger partial charge in [0.05, 0.1) is 19.9 Å². The SMILES string of the molecule is COc1ccc(OC)c(NC(=O)c2cc3cccc(C)c3o2)c1. The largest absolute Gasteiger partial charge is 0.497 e. The minimum Gasteiger partial charge on any atom is -0.497 e. The maximum Gasteiger partial charge on any atom is 0.291 e. The minimum atomic E-state index is -0.341. The van der Waals surface area contributed by atoms with Crippen molar-refractivity contribution in [1.29, 1.82) is 0 Å². The molecule has 1 heterocycles. The topological polar surface area (TPSA) is 60.7 Å². The number of fused-ring (bicyclic) bond motifs is 1. The van der Waals surface area contributed by atoms with Crippen LogP contribution in [0.25, 0.3) is 11.0 Å². The number of hydrogen-bond acceptors (Lipinski definition) is 4. The predicted molar refractivity (Wildman–Crippen MR) is 88.5 cm³/mol. The molecule has 118 valence electrons. The first-order valence-electron chi connectivity index (χ1n) is 7.15. The van der Waals surface area contributed by atoms with Crippen LogP contribution in [0.4, 0.5) is 5.69 Å². The van der Waals surface area contributed by atoms with Crippen LogP contribution in [0.15, 0.2) is 46.9 Å². The van der Waals surface area contributed by atoms with E-state index in [0.29, 0.717) is 17.2 Å². The Morgan fingerprint density at radius 1 is 1.09 bits per heavy atom. The Morgan fingerprint density at radius 2 is 1.91 bits per heavy atom. The summed E-state index contributed by atoms with van der Waals surface area (Å²) in [4.78, 5) is 12.5. The molecule has 1 aromatic heterocycles. The number of amides is 1. The van der Waals surface area contributed by atoms with Gasteiger partial charge in [0, 0.05) is 11.5 Å². The molecule has 2 aromatic carbocycles. The van der Waals surface area contributed by atoms with Gasteiger partial charge in [0.15, 0.2) is 5.76 Å². The van der Waals surface area contributed by atoms with E-state index in [4.69, 9.17) is 13.9 Å². The first-order chi connectivity index (χ1) is 11.1. The first-order valence-corrected chi connectivity index (χ1v) is 7.15. The minimum absolute atomic E-state index is 0.249. The van der Waals surface area contributed by atoms with Crippen molar-refractivity contribution in [2.45, 2.75) is 6.92 Å². The molecule has 0 fully saturated rings. The molecule has 0 bridgehead atoms. The van der Waals surface area contributed by atoms with Gasteiger partial charge in [-0.25, -0.2) is 0 Å². The summed E-state index contributed by atoms with van der Waals surface area (Å²) in [6.07, 6.45) is 0. The van der Waals surface area contributed by atoms with Gasteiger partial charge < -0.3 is 19.2 Å². The molecule has 0 aliphatic carbocycles. The number of anilines is 1. The summed E-state index contributed by atoms with van der Waals surface area (Å²) < 4.78 is 16.1. The third kappa shape index (κ3) is 2.85. The summed E-state index contributed by atoms with van der Waals surface area (Å²) in [6, 6.07) is 12.7. The Labute approximate surface area is 133 Å². The van der Waals surface area contributed by atoms with E-state index in [1.165, 1.54) is 0 Å². The van der Waals surface area contributed by atoms with Gasteiger partial charge in [0.2, 0.25) is 0 Å². The summed E-state index contributed by atoms with van der Waals surface area (Å²) in [6.45, 7) is 1.94. The summed E-state index contributed by atoms with van der Waals surface area (Å²) in [5, 5.41) is 3.69. The monoisotopic (exact) mass is 311 g/mol. The molecule has 5 heteroatoms. The third-order valence-corrected chi connectivity index (χ3v) is 3.62. The van der Waals surface area contributed by atoms with E-state index in [1.807, 2.05) is 25.1 Å². The Balaban J connectivity index is 1.93. The lowest BCUT2D eigenvalue weighted by Gasteiger charge is -2.10. The van der Waals surface area contributed by atoms with Crippen LogP contribution >= 0.6 is 0 Å². The Bertz CT molecular complexity index is 867. The van der Waals surface area contributed by atoms with Gasteiger partial charge in [0.1, 0.15) is 17.1 Å². The lowest BCUT2D eigenvalue weighted by atomic mass is 10.2. The number of aryl methyl sites for hydroxylation is 1. The van der Waals surface area contributed by atoms with Crippen LogP contribution in [-0.4, -0.2) is 20.1 Å². The van der Waals surface area contributed by atoms with E-state index in [-0.39, 0.29) is 11.7 Å². The van der Waals surface area contributed by atoms with Crippen molar-refractivity contribution in [3.8, 4) is 11.5 Å². The smallest absolute Gasteiger partial charge is 0.291 e. The summed E-state index contributed by atoms with van der Waals surface area (Å²) in [5.74, 6) is 1.08. The van der Waals surface area contributed by atoms with Crippen LogP contribution in [0.2, 0.25) is 0 Å². The van der Waals surface area contributed by atoms with Crippen LogP contribution in [0.1, 0.15) is 16.1 Å². The highest BCUT2D eigenvalue weighted by molar-refractivity contribution is 6.05. The molecule has 5 nitrogen and oxygen atoms in total. The predicted octanol–water partition coefficient (Wildman–Crippen LogP) is 4.01. The normalized spacial score (nSPS) is 10.6. The van der Waals surface area contributed by atoms with Crippen molar-refractivity contribution < 1.29 is 18.7 Å². The molecule has 0 aliphatic heterocycles. The average molecular weight is 311 g/mol. The molecule has 1 amide bonds. The van der Waals surface area contributed by atoms with Crippen molar-refractivity contribution in [2.75, 3.05) is 19.5 Å². The zero-order valence-electron chi connectivity index (χ0n) is 13.2. The second-order valence-corrected chi connectivity index (χ2v) is 5.12. The fourth-order valence-corrected chi connectivity index (χ4v) is 2.42. The van der Waals surface area contributed by atoms with Crippen molar-refractivity contribution in [3.05, 3.63) is 53.8 Å². The number of methoxy groups -OCH3 is 2. The number of carbonyl (C=O) groups excluding carboxylic acids is 1. The van der Waals surface area contributed by atoms with Crippen molar-refractivity contribution in [1.82, 2.24) is 0 Å². The lowest BCUT2D eigenvalue weighted by molar-refractivity contribution is 0.0998. The molecular formula is C18H17NO4.